The quantitative estimate of drug-likeness (QED) is 0.177. The van der Waals surface area contributed by atoms with Crippen LogP contribution in [0.2, 0.25) is 0 Å². The maximum atomic E-state index is 11.1. The number of carbonyl (C=O) groups excluding carboxylic acids is 8. The Morgan fingerprint density at radius 2 is 1.31 bits per heavy atom. The molecule has 6 aliphatic rings. The van der Waals surface area contributed by atoms with Gasteiger partial charge in [-0.25, -0.2) is 13.2 Å². The zero-order valence-corrected chi connectivity index (χ0v) is 50.5. The average molecular weight is 1150 g/mol. The fourth-order valence-electron chi connectivity index (χ4n) is 10.2. The Balaban J connectivity index is 0.000000210. The lowest BCUT2D eigenvalue weighted by molar-refractivity contribution is -0.128. The number of likely N-dealkylation sites (tertiary alicyclic amines) is 3. The van der Waals surface area contributed by atoms with Crippen LogP contribution < -0.4 is 5.73 Å². The highest BCUT2D eigenvalue weighted by molar-refractivity contribution is 7.91. The lowest BCUT2D eigenvalue weighted by Gasteiger charge is -2.33. The number of likely N-dealkylation sites (N-methyl/N-ethyl adjacent to an activating group) is 1. The minimum Gasteiger partial charge on any atom is -0.351 e. The second-order valence-electron chi connectivity index (χ2n) is 22.6. The SMILES string of the molecule is CC(=O)CC1CCN(Cc2ccccn2)CC1.CC(=O)CCN1CCCC1=O.CC(=O)CCN1CCN(C(N)=O)CC1.CC(=O)CCN1CCS(=O)(=O)CC1.CC(=O)[C@@H]1C[C@H]1c1cnn(C)c1.CC(=O)c1ccn(C2CCN(C)C2)c1. The van der Waals surface area contributed by atoms with Crippen molar-refractivity contribution in [3.8, 4) is 0 Å². The molecule has 6 fully saturated rings. The van der Waals surface area contributed by atoms with Gasteiger partial charge in [-0.15, -0.1) is 0 Å². The molecular weight excluding hydrogens is 1050 g/mol. The Morgan fingerprint density at radius 3 is 1.77 bits per heavy atom. The minimum absolute atomic E-state index is 0.148. The monoisotopic (exact) mass is 1150 g/mol. The van der Waals surface area contributed by atoms with Crippen molar-refractivity contribution in [3.05, 3.63) is 72.1 Å². The van der Waals surface area contributed by atoms with Crippen LogP contribution in [0, 0.1) is 11.8 Å². The number of carbonyl (C=O) groups is 8. The van der Waals surface area contributed by atoms with E-state index in [1.807, 2.05) is 61.1 Å². The van der Waals surface area contributed by atoms with Gasteiger partial charge >= 0.3 is 6.03 Å². The molecule has 5 aliphatic heterocycles. The lowest BCUT2D eigenvalue weighted by atomic mass is 9.92. The number of amides is 3. The molecule has 0 spiro atoms. The van der Waals surface area contributed by atoms with Gasteiger partial charge in [-0.3, -0.25) is 48.2 Å². The zero-order chi connectivity index (χ0) is 59.6. The van der Waals surface area contributed by atoms with Crippen LogP contribution >= 0.6 is 0 Å². The maximum Gasteiger partial charge on any atom is 0.314 e. The number of primary amides is 1. The van der Waals surface area contributed by atoms with E-state index in [0.29, 0.717) is 94.4 Å². The Kier molecular flexibility index (Phi) is 28.9. The summed E-state index contributed by atoms with van der Waals surface area (Å²) in [6.07, 6.45) is 18.2. The smallest absolute Gasteiger partial charge is 0.314 e. The van der Waals surface area contributed by atoms with Gasteiger partial charge in [0.1, 0.15) is 28.9 Å². The number of ketones is 6. The summed E-state index contributed by atoms with van der Waals surface area (Å²) in [6.45, 7) is 22.1. The van der Waals surface area contributed by atoms with Gasteiger partial charge in [0.05, 0.1) is 23.4 Å². The molecule has 0 radical (unpaired) electrons. The molecular formula is C59H93N11O10S. The third-order valence-electron chi connectivity index (χ3n) is 15.4. The lowest BCUT2D eigenvalue weighted by Crippen LogP contribution is -2.50. The number of aryl methyl sites for hydroxylation is 1. The van der Waals surface area contributed by atoms with Crippen molar-refractivity contribution in [2.75, 3.05) is 110 Å². The molecule has 1 unspecified atom stereocenters. The molecule has 5 saturated heterocycles. The molecule has 1 saturated carbocycles. The highest BCUT2D eigenvalue weighted by Gasteiger charge is 2.42. The van der Waals surface area contributed by atoms with Crippen molar-refractivity contribution in [2.45, 2.75) is 124 Å². The van der Waals surface area contributed by atoms with Crippen LogP contribution in [0.5, 0.6) is 0 Å². The molecule has 2 N–H and O–H groups in total. The molecule has 450 valence electrons. The second-order valence-corrected chi connectivity index (χ2v) is 24.9. The van der Waals surface area contributed by atoms with E-state index in [1.165, 1.54) is 12.0 Å². The molecule has 0 aromatic carbocycles. The van der Waals surface area contributed by atoms with Gasteiger partial charge in [0.25, 0.3) is 0 Å². The number of aromatic nitrogens is 4. The fraction of sp³-hybridized carbons (Fsp3) is 0.661. The number of nitrogens with two attached hydrogens (primary N) is 1. The first-order valence-corrected chi connectivity index (χ1v) is 30.6. The van der Waals surface area contributed by atoms with Crippen molar-refractivity contribution in [1.29, 1.82) is 0 Å². The third kappa shape index (κ3) is 26.8. The Bertz CT molecular complexity index is 2590. The second kappa shape index (κ2) is 34.6. The van der Waals surface area contributed by atoms with Crippen LogP contribution in [0.1, 0.15) is 139 Å². The maximum absolute atomic E-state index is 11.1. The van der Waals surface area contributed by atoms with Gasteiger partial charge < -0.3 is 34.7 Å². The topological polar surface area (TPSA) is 252 Å². The summed E-state index contributed by atoms with van der Waals surface area (Å²) in [5, 5.41) is 4.08. The van der Waals surface area contributed by atoms with Crippen molar-refractivity contribution in [1.82, 2.24) is 48.7 Å². The van der Waals surface area contributed by atoms with Crippen LogP contribution in [-0.4, -0.2) is 214 Å². The van der Waals surface area contributed by atoms with Crippen molar-refractivity contribution in [3.63, 3.8) is 0 Å². The highest BCUT2D eigenvalue weighted by Crippen LogP contribution is 2.47. The summed E-state index contributed by atoms with van der Waals surface area (Å²) >= 11 is 0. The molecule has 0 bridgehead atoms. The molecule has 1 aliphatic carbocycles. The molecule has 3 aromatic rings. The molecule has 81 heavy (non-hydrogen) atoms. The van der Waals surface area contributed by atoms with Gasteiger partial charge in [-0.1, -0.05) is 6.07 Å². The standard InChI is InChI=1S/C14H20N2O.C11H16N2O.C9H17N3O2.C9H12N2O.C8H15NO3S.C8H13NO2/c1-12(17)10-13-5-8-16(9-6-13)11-14-4-2-3-7-15-14;1-9(14)10-3-6-13(7-10)11-4-5-12(2)8-11;1-8(13)2-3-11-4-6-12(7-5-11)9(10)14;1-6(12)8-3-9(8)7-4-10-11(2)5-7;1-8(10)2-3-9-4-6-13(11,12)7-5-9;1-7(10)4-6-9-5-2-3-8(9)11/h2-4,7,13H,5-6,8-11H2,1H3;3,6-7,11H,4-5,8H2,1-2H3;2-7H2,1H3,(H2,10,14);4-5,8-9H,3H2,1-2H3;2-7H2,1H3;2-6H2,1H3/t;;;8-,9-;;/m...0../s1. The van der Waals surface area contributed by atoms with Crippen molar-refractivity contribution in [2.24, 2.45) is 24.6 Å². The first-order valence-electron chi connectivity index (χ1n) is 28.8. The summed E-state index contributed by atoms with van der Waals surface area (Å²) in [5.74, 6) is 3.33. The predicted octanol–water partition coefficient (Wildman–Crippen LogP) is 4.90. The van der Waals surface area contributed by atoms with Gasteiger partial charge in [0.15, 0.2) is 15.6 Å². The summed E-state index contributed by atoms with van der Waals surface area (Å²) in [5.41, 5.74) is 8.31. The fourth-order valence-corrected chi connectivity index (χ4v) is 11.4. The number of Topliss-reactive ketones (excluding diaryl/α,β-unsaturated/α-hetero) is 6. The largest absolute Gasteiger partial charge is 0.351 e. The van der Waals surface area contributed by atoms with E-state index in [-0.39, 0.29) is 52.5 Å². The normalized spacial score (nSPS) is 21.0. The number of hydrogen-bond donors (Lipinski definition) is 1. The molecule has 21 nitrogen and oxygen atoms in total. The number of sulfone groups is 1. The van der Waals surface area contributed by atoms with Crippen LogP contribution in [-0.2, 0) is 52.2 Å². The molecule has 3 amide bonds. The van der Waals surface area contributed by atoms with E-state index in [4.69, 9.17) is 5.73 Å². The molecule has 3 atom stereocenters. The molecule has 3 aromatic heterocycles. The van der Waals surface area contributed by atoms with E-state index < -0.39 is 9.84 Å². The van der Waals surface area contributed by atoms with Crippen molar-refractivity contribution >= 4 is 56.5 Å². The van der Waals surface area contributed by atoms with Crippen LogP contribution in [0.4, 0.5) is 4.79 Å². The highest BCUT2D eigenvalue weighted by atomic mass is 32.2. The number of urea groups is 1. The van der Waals surface area contributed by atoms with E-state index >= 15 is 0 Å². The number of hydrogen-bond acceptors (Lipinski definition) is 16. The van der Waals surface area contributed by atoms with Crippen molar-refractivity contribution < 1.29 is 46.8 Å². The molecule has 8 heterocycles. The summed E-state index contributed by atoms with van der Waals surface area (Å²) in [6, 6.07) is 8.15. The van der Waals surface area contributed by atoms with Gasteiger partial charge in [-0.05, 0) is 136 Å². The Morgan fingerprint density at radius 1 is 0.691 bits per heavy atom. The Labute approximate surface area is 481 Å². The van der Waals surface area contributed by atoms with E-state index in [9.17, 15) is 46.8 Å². The van der Waals surface area contributed by atoms with E-state index in [0.717, 1.165) is 102 Å². The first-order chi connectivity index (χ1) is 38.4. The summed E-state index contributed by atoms with van der Waals surface area (Å²) in [4.78, 5) is 104. The number of piperazine rings is 1. The number of pyridine rings is 1. The summed E-state index contributed by atoms with van der Waals surface area (Å²) in [7, 11) is 1.25. The predicted molar refractivity (Wildman–Crippen MR) is 312 cm³/mol. The Hall–Kier alpha value is -5.81. The molecule has 22 heteroatoms. The minimum atomic E-state index is -2.78. The van der Waals surface area contributed by atoms with Gasteiger partial charge in [-0.2, -0.15) is 5.10 Å². The van der Waals surface area contributed by atoms with E-state index in [1.54, 1.807) is 56.0 Å². The first kappa shape index (κ1) is 67.7. The number of piperidine rings is 1. The zero-order valence-electron chi connectivity index (χ0n) is 49.6. The summed E-state index contributed by atoms with van der Waals surface area (Å²) < 4.78 is 26.0. The average Bonchev–Trinajstić information content (AvgIpc) is 3.94. The van der Waals surface area contributed by atoms with Crippen LogP contribution in [0.15, 0.2) is 55.2 Å². The third-order valence-corrected chi connectivity index (χ3v) is 17.0. The van der Waals surface area contributed by atoms with Gasteiger partial charge in [0.2, 0.25) is 5.91 Å². The molecule has 9 rings (SSSR count). The van der Waals surface area contributed by atoms with Crippen LogP contribution in [0.25, 0.3) is 0 Å². The van der Waals surface area contributed by atoms with E-state index in [2.05, 4.69) is 42.5 Å². The van der Waals surface area contributed by atoms with Gasteiger partial charge in [0, 0.05) is 160 Å². The number of rotatable bonds is 17. The number of nitrogens with zero attached hydrogens (tertiary/aromatic N) is 10. The van der Waals surface area contributed by atoms with Crippen LogP contribution in [0.3, 0.4) is 0 Å².